The van der Waals surface area contributed by atoms with E-state index in [0.717, 1.165) is 0 Å². The van der Waals surface area contributed by atoms with Crippen LogP contribution in [0, 0.1) is 10.8 Å². The van der Waals surface area contributed by atoms with Crippen molar-refractivity contribution in [2.45, 2.75) is 104 Å². The quantitative estimate of drug-likeness (QED) is 0.124. The van der Waals surface area contributed by atoms with Gasteiger partial charge >= 0.3 is 11.9 Å². The lowest BCUT2D eigenvalue weighted by Gasteiger charge is -2.30. The minimum absolute atomic E-state index is 0.0261. The van der Waals surface area contributed by atoms with Gasteiger partial charge < -0.3 is 32.5 Å². The molecule has 2 fully saturated rings. The molecule has 2 aromatic heterocycles. The van der Waals surface area contributed by atoms with Crippen molar-refractivity contribution in [1.29, 1.82) is 0 Å². The number of ketones is 2. The topological polar surface area (TPSA) is 173 Å². The molecule has 56 heavy (non-hydrogen) atoms. The Kier molecular flexibility index (Phi) is 13.9. The van der Waals surface area contributed by atoms with E-state index in [1.165, 1.54) is 24.7 Å². The Bertz CT molecular complexity index is 1940. The highest BCUT2D eigenvalue weighted by molar-refractivity contribution is 5.96. The van der Waals surface area contributed by atoms with Gasteiger partial charge in [0.05, 0.1) is 23.4 Å². The summed E-state index contributed by atoms with van der Waals surface area (Å²) < 4.78 is 40.0. The minimum Gasteiger partial charge on any atom is -0.456 e. The number of carbonyl (C=O) groups excluding carboxylic acids is 4. The van der Waals surface area contributed by atoms with Gasteiger partial charge in [-0.15, -0.1) is 0 Å². The number of rotatable bonds is 7. The van der Waals surface area contributed by atoms with Crippen LogP contribution < -0.4 is 0 Å². The second-order valence-electron chi connectivity index (χ2n) is 14.7. The Morgan fingerprint density at radius 3 is 1.79 bits per heavy atom. The third kappa shape index (κ3) is 11.0. The Morgan fingerprint density at radius 2 is 1.23 bits per heavy atom. The van der Waals surface area contributed by atoms with Crippen LogP contribution in [0.25, 0.3) is 6.08 Å². The van der Waals surface area contributed by atoms with Gasteiger partial charge in [0, 0.05) is 26.0 Å². The summed E-state index contributed by atoms with van der Waals surface area (Å²) in [5.74, 6) is -1.36. The van der Waals surface area contributed by atoms with E-state index in [0.29, 0.717) is 0 Å². The fourth-order valence-corrected chi connectivity index (χ4v) is 5.88. The number of nitrogens with zero attached hydrogens (tertiary/aromatic N) is 2. The van der Waals surface area contributed by atoms with Gasteiger partial charge in [0.2, 0.25) is 5.89 Å². The van der Waals surface area contributed by atoms with Crippen molar-refractivity contribution in [2.24, 2.45) is 10.8 Å². The lowest BCUT2D eigenvalue weighted by Crippen LogP contribution is -2.39. The summed E-state index contributed by atoms with van der Waals surface area (Å²) in [6.45, 7) is 10.4. The van der Waals surface area contributed by atoms with Gasteiger partial charge in [0.1, 0.15) is 49.2 Å². The molecule has 4 bridgehead atoms. The van der Waals surface area contributed by atoms with Crippen molar-refractivity contribution < 1.29 is 51.7 Å². The number of hydrogen-bond acceptors (Lipinski definition) is 13. The van der Waals surface area contributed by atoms with E-state index in [4.69, 9.17) is 32.5 Å². The van der Waals surface area contributed by atoms with Crippen molar-refractivity contribution in [3.05, 3.63) is 115 Å². The van der Waals surface area contributed by atoms with Crippen LogP contribution in [0.2, 0.25) is 0 Å². The molecule has 3 aliphatic rings. The Balaban J connectivity index is 1.37. The maximum atomic E-state index is 13.3. The number of methoxy groups -OCH3 is 1. The van der Waals surface area contributed by atoms with Crippen molar-refractivity contribution in [3.8, 4) is 0 Å². The van der Waals surface area contributed by atoms with Crippen molar-refractivity contribution in [3.63, 3.8) is 0 Å². The number of cyclic esters (lactones) is 2. The number of carbonyl (C=O) groups is 4. The van der Waals surface area contributed by atoms with Crippen LogP contribution in [0.15, 0.2) is 100 Å². The first kappa shape index (κ1) is 41.9. The highest BCUT2D eigenvalue weighted by atomic mass is 16.6. The molecule has 2 saturated heterocycles. The van der Waals surface area contributed by atoms with Crippen molar-refractivity contribution in [1.82, 2.24) is 9.97 Å². The van der Waals surface area contributed by atoms with Gasteiger partial charge in [0.15, 0.2) is 28.8 Å². The van der Waals surface area contributed by atoms with E-state index in [2.05, 4.69) is 9.97 Å². The molecule has 0 amide bonds. The first-order valence-electron chi connectivity index (χ1n) is 18.6. The highest BCUT2D eigenvalue weighted by Gasteiger charge is 2.41. The minimum atomic E-state index is -1.05. The molecule has 0 saturated carbocycles. The van der Waals surface area contributed by atoms with Crippen molar-refractivity contribution in [2.75, 3.05) is 7.11 Å². The lowest BCUT2D eigenvalue weighted by molar-refractivity contribution is -0.129. The number of allylic oxidation sites excluding steroid dienone is 6. The number of fused-ring (bicyclic) bond motifs is 6. The van der Waals surface area contributed by atoms with Crippen LogP contribution >= 0.6 is 0 Å². The number of aromatic nitrogens is 2. The molecule has 0 spiro atoms. The summed E-state index contributed by atoms with van der Waals surface area (Å²) in [7, 11) is 1.55. The summed E-state index contributed by atoms with van der Waals surface area (Å²) in [4.78, 5) is 61.3. The maximum absolute atomic E-state index is 13.3. The maximum Gasteiger partial charge on any atom is 0.360 e. The molecule has 13 heteroatoms. The number of epoxide rings is 2. The SMILES string of the molecule is C/C=C/C(=O)C(C)(C)[C@H]1C/C=C\C2OC2/C=C/[C@H](OC)Cc2nc(co2)C(=O)O[C@@H](C(C)(C)C(=O)/C=C/C)C/C=C\[C@H]2O[C@H]2/C=C/C=C\c2nc(co2)C(=O)O1. The largest absolute Gasteiger partial charge is 0.456 e. The first-order valence-corrected chi connectivity index (χ1v) is 18.6. The molecule has 5 rings (SSSR count). The first-order chi connectivity index (χ1) is 26.8. The van der Waals surface area contributed by atoms with Gasteiger partial charge in [0.25, 0.3) is 0 Å². The standard InChI is InChI=1S/C43H50N2O11/c1-8-14-34(46)42(3,4)36-20-13-18-32-33(54-32)23-22-27(50-7)24-39-45-29(26-52-39)41(49)56-37(43(5,6)35(47)15-9-2)19-12-17-31-30(53-31)16-10-11-21-38-44-28(25-51-38)40(48)55-36/h8-18,21-23,25-27,30-33,36-37H,19-20,24H2,1-7H3/b14-8+,15-9+,16-10+,17-12-,18-13-,21-11-,23-22+/t27-,30-,31+,32?,33?,36+,37+/m0/s1. The average Bonchev–Trinajstić information content (AvgIpc) is 3.96. The van der Waals surface area contributed by atoms with Crippen molar-refractivity contribution >= 4 is 29.6 Å². The predicted molar refractivity (Wildman–Crippen MR) is 205 cm³/mol. The molecule has 0 N–H and O–H groups in total. The van der Waals surface area contributed by atoms with Crippen LogP contribution in [-0.2, 0) is 39.7 Å². The fraction of sp³-hybridized carbons (Fsp3) is 0.442. The summed E-state index contributed by atoms with van der Waals surface area (Å²) in [5.41, 5.74) is -2.15. The van der Waals surface area contributed by atoms with Gasteiger partial charge in [-0.25, -0.2) is 19.6 Å². The van der Waals surface area contributed by atoms with Gasteiger partial charge in [-0.1, -0.05) is 66.8 Å². The zero-order valence-corrected chi connectivity index (χ0v) is 32.8. The third-order valence-electron chi connectivity index (χ3n) is 9.83. The second-order valence-corrected chi connectivity index (χ2v) is 14.7. The molecule has 0 radical (unpaired) electrons. The summed E-state index contributed by atoms with van der Waals surface area (Å²) in [6.07, 6.45) is 24.4. The smallest absolute Gasteiger partial charge is 0.360 e. The molecular formula is C43H50N2O11. The van der Waals surface area contributed by atoms with Crippen LogP contribution in [0.1, 0.15) is 87.1 Å². The molecule has 3 aliphatic heterocycles. The number of esters is 2. The molecule has 0 aromatic carbocycles. The molecule has 13 nitrogen and oxygen atoms in total. The second kappa shape index (κ2) is 18.6. The molecule has 2 aromatic rings. The van der Waals surface area contributed by atoms with E-state index >= 15 is 0 Å². The van der Waals surface area contributed by atoms with Crippen LogP contribution in [0.3, 0.4) is 0 Å². The van der Waals surface area contributed by atoms with Crippen LogP contribution in [-0.4, -0.2) is 83.3 Å². The number of ether oxygens (including phenoxy) is 5. The average molecular weight is 771 g/mol. The van der Waals surface area contributed by atoms with Gasteiger partial charge in [-0.3, -0.25) is 9.59 Å². The highest BCUT2D eigenvalue weighted by Crippen LogP contribution is 2.33. The molecule has 7 atom stereocenters. The third-order valence-corrected chi connectivity index (χ3v) is 9.83. The molecule has 298 valence electrons. The molecule has 5 heterocycles. The van der Waals surface area contributed by atoms with E-state index in [1.807, 2.05) is 42.5 Å². The van der Waals surface area contributed by atoms with E-state index in [9.17, 15) is 19.2 Å². The fourth-order valence-electron chi connectivity index (χ4n) is 5.88. The molecule has 0 aliphatic carbocycles. The van der Waals surface area contributed by atoms with E-state index in [1.54, 1.807) is 79.0 Å². The Hall–Kier alpha value is -5.24. The van der Waals surface area contributed by atoms with E-state index in [-0.39, 0.29) is 78.4 Å². The molecular weight excluding hydrogens is 720 g/mol. The predicted octanol–water partition coefficient (Wildman–Crippen LogP) is 6.88. The summed E-state index contributed by atoms with van der Waals surface area (Å²) >= 11 is 0. The summed E-state index contributed by atoms with van der Waals surface area (Å²) in [6, 6.07) is 0. The Morgan fingerprint density at radius 1 is 0.714 bits per heavy atom. The van der Waals surface area contributed by atoms with Gasteiger partial charge in [-0.2, -0.15) is 0 Å². The van der Waals surface area contributed by atoms with E-state index < -0.39 is 41.1 Å². The molecule has 2 unspecified atom stereocenters. The lowest BCUT2D eigenvalue weighted by atomic mass is 9.80. The normalized spacial score (nSPS) is 29.6. The number of oxazole rings is 2. The Labute approximate surface area is 326 Å². The zero-order chi connectivity index (χ0) is 40.5. The zero-order valence-electron chi connectivity index (χ0n) is 32.8. The summed E-state index contributed by atoms with van der Waals surface area (Å²) in [5, 5.41) is 0. The van der Waals surface area contributed by atoms with Crippen LogP contribution in [0.4, 0.5) is 0 Å². The van der Waals surface area contributed by atoms with Gasteiger partial charge in [-0.05, 0) is 53.7 Å². The monoisotopic (exact) mass is 770 g/mol. The number of hydrogen-bond donors (Lipinski definition) is 0. The van der Waals surface area contributed by atoms with Crippen LogP contribution in [0.5, 0.6) is 0 Å².